The van der Waals surface area contributed by atoms with Crippen molar-refractivity contribution in [2.75, 3.05) is 37.8 Å². The van der Waals surface area contributed by atoms with Crippen LogP contribution in [0.5, 0.6) is 0 Å². The fourth-order valence-electron chi connectivity index (χ4n) is 9.50. The molecule has 1 unspecified atom stereocenters. The molecule has 2 aliphatic carbocycles. The van der Waals surface area contributed by atoms with Gasteiger partial charge < -0.3 is 19.3 Å². The van der Waals surface area contributed by atoms with Crippen LogP contribution in [0.25, 0.3) is 0 Å². The minimum absolute atomic E-state index is 0.0438. The third-order valence-corrected chi connectivity index (χ3v) is 12.5. The van der Waals surface area contributed by atoms with E-state index >= 15 is 0 Å². The zero-order valence-corrected chi connectivity index (χ0v) is 33.5. The number of hydrogen-bond donors (Lipinski definition) is 0. The average Bonchev–Trinajstić information content (AvgIpc) is 3.20. The maximum Gasteiger partial charge on any atom is 0.416 e. The Hall–Kier alpha value is -3.94. The van der Waals surface area contributed by atoms with Crippen LogP contribution in [-0.2, 0) is 44.3 Å². The topological polar surface area (TPSA) is 84.9 Å². The molecule has 6 rings (SSSR count). The average molecular weight is 819 g/mol. The van der Waals surface area contributed by atoms with Crippen molar-refractivity contribution in [1.29, 1.82) is 0 Å². The number of allylic oxidation sites excluding steroid dienone is 3. The molecule has 1 aromatic heterocycles. The lowest BCUT2D eigenvalue weighted by Crippen LogP contribution is -2.55. The SMILES string of the molecule is CCOC(=O)CC1CCC(C(=O)N2[C@H](CC)C[C@H](C(Cc3cc(C(F)(F)F)cc(C(F)(F)F)c3)Cc3ncc(N4CCOCC4)cn3)C[C@@H]2CC2=CCCC=C2)CC1. The Morgan fingerprint density at radius 3 is 2.12 bits per heavy atom. The fourth-order valence-corrected chi connectivity index (χ4v) is 9.50. The van der Waals surface area contributed by atoms with Gasteiger partial charge in [0.25, 0.3) is 0 Å². The molecular formula is C44H56F6N4O4. The first-order chi connectivity index (χ1) is 27.7. The molecule has 2 aliphatic heterocycles. The largest absolute Gasteiger partial charge is 0.466 e. The summed E-state index contributed by atoms with van der Waals surface area (Å²) in [4.78, 5) is 40.3. The number of hydrogen-bond acceptors (Lipinski definition) is 7. The van der Waals surface area contributed by atoms with Gasteiger partial charge in [0.2, 0.25) is 5.91 Å². The first-order valence-corrected chi connectivity index (χ1v) is 21.0. The number of benzene rings is 1. The fraction of sp³-hybridized carbons (Fsp3) is 0.636. The molecule has 4 aliphatic rings. The van der Waals surface area contributed by atoms with Crippen molar-refractivity contribution in [1.82, 2.24) is 14.9 Å². The Morgan fingerprint density at radius 2 is 1.53 bits per heavy atom. The van der Waals surface area contributed by atoms with Gasteiger partial charge in [0.1, 0.15) is 5.82 Å². The molecule has 4 atom stereocenters. The van der Waals surface area contributed by atoms with Crippen LogP contribution >= 0.6 is 0 Å². The van der Waals surface area contributed by atoms with Gasteiger partial charge in [-0.2, -0.15) is 26.3 Å². The van der Waals surface area contributed by atoms with Gasteiger partial charge in [0.05, 0.1) is 49.0 Å². The number of piperidine rings is 1. The van der Waals surface area contributed by atoms with Crippen LogP contribution in [0.2, 0.25) is 0 Å². The highest BCUT2D eigenvalue weighted by atomic mass is 19.4. The van der Waals surface area contributed by atoms with Gasteiger partial charge in [-0.05, 0) is 119 Å². The van der Waals surface area contributed by atoms with E-state index in [9.17, 15) is 35.9 Å². The number of alkyl halides is 6. The first-order valence-electron chi connectivity index (χ1n) is 21.0. The van der Waals surface area contributed by atoms with Crippen LogP contribution in [0.1, 0.15) is 107 Å². The molecule has 58 heavy (non-hydrogen) atoms. The van der Waals surface area contributed by atoms with Gasteiger partial charge in [0, 0.05) is 43.9 Å². The van der Waals surface area contributed by atoms with E-state index in [2.05, 4.69) is 38.0 Å². The Morgan fingerprint density at radius 1 is 0.879 bits per heavy atom. The van der Waals surface area contributed by atoms with Gasteiger partial charge in [0.15, 0.2) is 0 Å². The standard InChI is InChI=1S/C44H56F6N4O4/c1-3-37-23-34(24-38(21-29-8-6-5-7-9-29)54(37)42(56)32-12-10-30(11-13-32)22-41(55)58-4-2)33(25-40-51-27-39(28-52-40)53-14-16-57-17-15-53)18-31-19-35(43(45,46)47)26-36(20-31)44(48,49)50/h6,8-9,19-20,26-28,30,32-34,37-38H,3-5,7,10-18,21-25H2,1-2H3/t30?,32?,33?,34-,37+,38-/m0/s1. The quantitative estimate of drug-likeness (QED) is 0.147. The highest BCUT2D eigenvalue weighted by Crippen LogP contribution is 2.43. The van der Waals surface area contributed by atoms with Crippen LogP contribution in [-0.4, -0.2) is 71.7 Å². The number of halogens is 6. The number of carbonyl (C=O) groups excluding carboxylic acids is 2. The van der Waals surface area contributed by atoms with E-state index in [1.165, 1.54) is 0 Å². The summed E-state index contributed by atoms with van der Waals surface area (Å²) in [5.41, 5.74) is -0.774. The van der Waals surface area contributed by atoms with Crippen molar-refractivity contribution in [2.24, 2.45) is 23.7 Å². The lowest BCUT2D eigenvalue weighted by molar-refractivity contribution is -0.147. The Kier molecular flexibility index (Phi) is 14.6. The van der Waals surface area contributed by atoms with E-state index in [4.69, 9.17) is 9.47 Å². The lowest BCUT2D eigenvalue weighted by Gasteiger charge is -2.49. The summed E-state index contributed by atoms with van der Waals surface area (Å²) in [6.07, 6.45) is 7.46. The van der Waals surface area contributed by atoms with Gasteiger partial charge in [-0.1, -0.05) is 30.7 Å². The number of esters is 1. The maximum atomic E-state index is 14.6. The Balaban J connectivity index is 1.30. The van der Waals surface area contributed by atoms with Gasteiger partial charge >= 0.3 is 18.3 Å². The Labute approximate surface area is 337 Å². The highest BCUT2D eigenvalue weighted by Gasteiger charge is 2.44. The van der Waals surface area contributed by atoms with Crippen molar-refractivity contribution in [3.8, 4) is 0 Å². The number of anilines is 1. The third-order valence-electron chi connectivity index (χ3n) is 12.5. The summed E-state index contributed by atoms with van der Waals surface area (Å²) in [7, 11) is 0. The molecule has 1 amide bonds. The number of likely N-dealkylation sites (tertiary alicyclic amines) is 1. The summed E-state index contributed by atoms with van der Waals surface area (Å²) in [5.74, 6) is -0.249. The smallest absolute Gasteiger partial charge is 0.416 e. The summed E-state index contributed by atoms with van der Waals surface area (Å²) < 4.78 is 94.9. The molecule has 0 bridgehead atoms. The van der Waals surface area contributed by atoms with Crippen molar-refractivity contribution in [3.05, 3.63) is 76.9 Å². The van der Waals surface area contributed by atoms with Crippen LogP contribution in [0.3, 0.4) is 0 Å². The first kappa shape index (κ1) is 43.6. The number of nitrogens with zero attached hydrogens (tertiary/aromatic N) is 4. The van der Waals surface area contributed by atoms with Crippen LogP contribution < -0.4 is 4.90 Å². The Bertz CT molecular complexity index is 1720. The molecule has 2 saturated heterocycles. The number of amides is 1. The van der Waals surface area contributed by atoms with Crippen LogP contribution in [0.4, 0.5) is 32.0 Å². The molecule has 14 heteroatoms. The second kappa shape index (κ2) is 19.4. The van der Waals surface area contributed by atoms with E-state index in [0.717, 1.165) is 49.1 Å². The van der Waals surface area contributed by atoms with Crippen molar-refractivity contribution in [2.45, 2.75) is 122 Å². The molecule has 3 fully saturated rings. The van der Waals surface area contributed by atoms with E-state index in [0.29, 0.717) is 83.7 Å². The molecule has 0 radical (unpaired) electrons. The lowest BCUT2D eigenvalue weighted by atomic mass is 9.71. The number of morpholine rings is 1. The minimum atomic E-state index is -4.97. The minimum Gasteiger partial charge on any atom is -0.466 e. The number of aromatic nitrogens is 2. The van der Waals surface area contributed by atoms with E-state index in [1.54, 1.807) is 19.3 Å². The molecule has 1 saturated carbocycles. The predicted octanol–water partition coefficient (Wildman–Crippen LogP) is 9.56. The van der Waals surface area contributed by atoms with Gasteiger partial charge in [-0.3, -0.25) is 9.59 Å². The van der Waals surface area contributed by atoms with Crippen molar-refractivity contribution >= 4 is 17.6 Å². The van der Waals surface area contributed by atoms with Crippen molar-refractivity contribution < 1.29 is 45.4 Å². The van der Waals surface area contributed by atoms with Crippen LogP contribution in [0, 0.1) is 23.7 Å². The summed E-state index contributed by atoms with van der Waals surface area (Å²) in [6.45, 7) is 6.66. The van der Waals surface area contributed by atoms with E-state index < -0.39 is 29.4 Å². The summed E-state index contributed by atoms with van der Waals surface area (Å²) in [5, 5.41) is 0. The molecule has 0 N–H and O–H groups in total. The monoisotopic (exact) mass is 818 g/mol. The number of rotatable bonds is 13. The van der Waals surface area contributed by atoms with E-state index in [1.807, 2.05) is 6.92 Å². The number of ether oxygens (including phenoxy) is 2. The molecule has 1 aromatic carbocycles. The zero-order chi connectivity index (χ0) is 41.5. The van der Waals surface area contributed by atoms with Gasteiger partial charge in [-0.25, -0.2) is 9.97 Å². The molecule has 318 valence electrons. The zero-order valence-electron chi connectivity index (χ0n) is 33.5. The molecule has 3 heterocycles. The highest BCUT2D eigenvalue weighted by molar-refractivity contribution is 5.80. The second-order valence-electron chi connectivity index (χ2n) is 16.4. The maximum absolute atomic E-state index is 14.6. The molecule has 8 nitrogen and oxygen atoms in total. The van der Waals surface area contributed by atoms with Gasteiger partial charge in [-0.15, -0.1) is 0 Å². The normalized spacial score (nSPS) is 25.0. The summed E-state index contributed by atoms with van der Waals surface area (Å²) >= 11 is 0. The van der Waals surface area contributed by atoms with Crippen molar-refractivity contribution in [3.63, 3.8) is 0 Å². The molecule has 2 aromatic rings. The molecule has 0 spiro atoms. The third kappa shape index (κ3) is 11.4. The molecular weight excluding hydrogens is 762 g/mol. The summed E-state index contributed by atoms with van der Waals surface area (Å²) in [6, 6.07) is 1.46. The van der Waals surface area contributed by atoms with E-state index in [-0.39, 0.29) is 66.2 Å². The second-order valence-corrected chi connectivity index (χ2v) is 16.4. The predicted molar refractivity (Wildman–Crippen MR) is 208 cm³/mol. The number of carbonyl (C=O) groups is 2. The van der Waals surface area contributed by atoms with Crippen LogP contribution in [0.15, 0.2) is 54.4 Å².